The van der Waals surface area contributed by atoms with Crippen LogP contribution in [0.5, 0.6) is 0 Å². The van der Waals surface area contributed by atoms with Crippen LogP contribution in [0.2, 0.25) is 0 Å². The molecule has 2 aromatic rings. The highest BCUT2D eigenvalue weighted by molar-refractivity contribution is 5.69. The zero-order valence-corrected chi connectivity index (χ0v) is 7.10. The van der Waals surface area contributed by atoms with Crippen molar-refractivity contribution < 1.29 is 6.85 Å². The number of nitrogens with zero attached hydrogens (tertiary/aromatic N) is 4. The number of rotatable bonds is 0. The van der Waals surface area contributed by atoms with Gasteiger partial charge in [-0.2, -0.15) is 0 Å². The second-order valence-electron chi connectivity index (χ2n) is 2.70. The van der Waals surface area contributed by atoms with Gasteiger partial charge in [-0.1, -0.05) is 0 Å². The molecule has 0 unspecified atom stereocenters. The average Bonchev–Trinajstić information content (AvgIpc) is 2.68. The van der Waals surface area contributed by atoms with Crippen molar-refractivity contribution in [2.45, 2.75) is 0 Å². The standard InChI is InChI=1S/C8H10N4O2/c1-10-4-9-6-5(10)7(13)12(3)8(14)11(6)2/h4H,1-3H3/i1D2,2D,3D,4D. The predicted molar refractivity (Wildman–Crippen MR) is 51.2 cm³/mol. The summed E-state index contributed by atoms with van der Waals surface area (Å²) in [4.78, 5) is 27.5. The molecule has 0 saturated heterocycles. The Balaban J connectivity index is 3.10. The Morgan fingerprint density at radius 3 is 2.86 bits per heavy atom. The molecule has 0 aliphatic rings. The lowest BCUT2D eigenvalue weighted by atomic mass is 10.5. The molecule has 0 amide bonds. The lowest BCUT2D eigenvalue weighted by Gasteiger charge is -2.02. The Kier molecular flexibility index (Phi) is 0.841. The van der Waals surface area contributed by atoms with Crippen molar-refractivity contribution >= 4 is 11.2 Å². The summed E-state index contributed by atoms with van der Waals surface area (Å²) >= 11 is 0. The summed E-state index contributed by atoms with van der Waals surface area (Å²) in [7, 11) is -1.18. The van der Waals surface area contributed by atoms with Gasteiger partial charge in [0.1, 0.15) is 1.37 Å². The van der Waals surface area contributed by atoms with E-state index in [1.807, 2.05) is 0 Å². The number of fused-ring (bicyclic) bond motifs is 1. The van der Waals surface area contributed by atoms with Crippen LogP contribution in [0.4, 0.5) is 0 Å². The number of hydrogen-bond acceptors (Lipinski definition) is 3. The van der Waals surface area contributed by atoms with Crippen LogP contribution in [-0.4, -0.2) is 18.7 Å². The van der Waals surface area contributed by atoms with Crippen LogP contribution < -0.4 is 11.2 Å². The van der Waals surface area contributed by atoms with Gasteiger partial charge in [0, 0.05) is 26.5 Å². The summed E-state index contributed by atoms with van der Waals surface area (Å²) in [5.74, 6) is 0. The van der Waals surface area contributed by atoms with Crippen molar-refractivity contribution in [1.29, 1.82) is 0 Å². The molecule has 6 heteroatoms. The van der Waals surface area contributed by atoms with Gasteiger partial charge in [-0.15, -0.1) is 0 Å². The lowest BCUT2D eigenvalue weighted by molar-refractivity contribution is 0.705. The second-order valence-corrected chi connectivity index (χ2v) is 2.70. The Morgan fingerprint density at radius 2 is 2.21 bits per heavy atom. The minimum Gasteiger partial charge on any atom is -0.328 e. The van der Waals surface area contributed by atoms with E-state index in [4.69, 9.17) is 6.85 Å². The van der Waals surface area contributed by atoms with E-state index in [-0.39, 0.29) is 11.2 Å². The molecule has 0 aromatic carbocycles. The smallest absolute Gasteiger partial charge is 0.328 e. The SMILES string of the molecule is [2H]Cn1c(=O)c2c(nc([2H])n2C([2H])[2H])n(C[2H])c1=O. The Bertz CT molecular complexity index is 746. The number of imidazole rings is 1. The highest BCUT2D eigenvalue weighted by atomic mass is 16.2. The van der Waals surface area contributed by atoms with Crippen molar-refractivity contribution in [1.82, 2.24) is 18.7 Å². The van der Waals surface area contributed by atoms with Crippen LogP contribution in [0.3, 0.4) is 0 Å². The zero-order valence-electron chi connectivity index (χ0n) is 12.1. The Hall–Kier alpha value is -1.85. The maximum absolute atomic E-state index is 12.0. The summed E-state index contributed by atoms with van der Waals surface area (Å²) in [5, 5.41) is 0. The second kappa shape index (κ2) is 2.57. The molecule has 0 spiro atoms. The van der Waals surface area contributed by atoms with Gasteiger partial charge in [-0.05, 0) is 0 Å². The molecule has 74 valence electrons. The summed E-state index contributed by atoms with van der Waals surface area (Å²) in [6, 6.07) is 0. The molecule has 0 N–H and O–H groups in total. The first-order chi connectivity index (χ1) is 8.93. The number of aromatic nitrogens is 4. The quantitative estimate of drug-likeness (QED) is 0.545. The van der Waals surface area contributed by atoms with Crippen molar-refractivity contribution in [3.8, 4) is 0 Å². The molecular weight excluding hydrogens is 184 g/mol. The van der Waals surface area contributed by atoms with E-state index in [1.165, 1.54) is 0 Å². The van der Waals surface area contributed by atoms with Gasteiger partial charge in [-0.3, -0.25) is 13.9 Å². The highest BCUT2D eigenvalue weighted by Gasteiger charge is 2.11. The van der Waals surface area contributed by atoms with Gasteiger partial charge in [0.25, 0.3) is 5.56 Å². The zero-order chi connectivity index (χ0) is 14.3. The molecule has 0 fully saturated rings. The van der Waals surface area contributed by atoms with Crippen molar-refractivity contribution in [2.24, 2.45) is 21.0 Å². The Labute approximate surface area is 86.1 Å². The first kappa shape index (κ1) is 4.59. The molecule has 2 rings (SSSR count). The fraction of sp³-hybridized carbons (Fsp3) is 0.375. The molecule has 0 radical (unpaired) electrons. The highest BCUT2D eigenvalue weighted by Crippen LogP contribution is 2.01. The van der Waals surface area contributed by atoms with Gasteiger partial charge in [-0.25, -0.2) is 9.78 Å². The maximum Gasteiger partial charge on any atom is 0.332 e. The van der Waals surface area contributed by atoms with Gasteiger partial charge in [0.15, 0.2) is 11.2 Å². The fourth-order valence-electron chi connectivity index (χ4n) is 1.15. The predicted octanol–water partition coefficient (Wildman–Crippen LogP) is -1.03. The van der Waals surface area contributed by atoms with Crippen molar-refractivity contribution in [3.63, 3.8) is 0 Å². The monoisotopic (exact) mass is 199 g/mol. The summed E-state index contributed by atoms with van der Waals surface area (Å²) < 4.78 is 38.7. The lowest BCUT2D eigenvalue weighted by Crippen LogP contribution is -2.37. The van der Waals surface area contributed by atoms with E-state index in [0.717, 1.165) is 9.13 Å². The minimum atomic E-state index is -1.68. The molecule has 14 heavy (non-hydrogen) atoms. The summed E-state index contributed by atoms with van der Waals surface area (Å²) in [5.41, 5.74) is -2.22. The molecule has 2 heterocycles. The summed E-state index contributed by atoms with van der Waals surface area (Å²) in [6.07, 6.45) is -0.508. The van der Waals surface area contributed by atoms with Gasteiger partial charge in [0.05, 0.1) is 6.30 Å². The molecule has 6 nitrogen and oxygen atoms in total. The molecule has 0 aliphatic heterocycles. The van der Waals surface area contributed by atoms with Gasteiger partial charge >= 0.3 is 5.69 Å². The number of aryl methyl sites for hydroxylation is 2. The van der Waals surface area contributed by atoms with Gasteiger partial charge < -0.3 is 4.57 Å². The minimum absolute atomic E-state index is 0.204. The van der Waals surface area contributed by atoms with Crippen molar-refractivity contribution in [2.75, 3.05) is 0 Å². The van der Waals surface area contributed by atoms with Gasteiger partial charge in [0.2, 0.25) is 0 Å². The van der Waals surface area contributed by atoms with E-state index >= 15 is 0 Å². The fourth-order valence-corrected chi connectivity index (χ4v) is 1.15. The van der Waals surface area contributed by atoms with E-state index in [0.29, 0.717) is 4.57 Å². The summed E-state index contributed by atoms with van der Waals surface area (Å²) in [6.45, 7) is -1.68. The Morgan fingerprint density at radius 1 is 1.43 bits per heavy atom. The topological polar surface area (TPSA) is 61.8 Å². The van der Waals surface area contributed by atoms with Crippen LogP contribution in [0.15, 0.2) is 15.9 Å². The first-order valence-electron chi connectivity index (χ1n) is 6.66. The van der Waals surface area contributed by atoms with E-state index in [2.05, 4.69) is 4.98 Å². The third-order valence-electron chi connectivity index (χ3n) is 1.88. The van der Waals surface area contributed by atoms with E-state index in [1.54, 1.807) is 0 Å². The largest absolute Gasteiger partial charge is 0.332 e. The van der Waals surface area contributed by atoms with Crippen LogP contribution in [0.1, 0.15) is 6.85 Å². The third-order valence-corrected chi connectivity index (χ3v) is 1.88. The first-order valence-corrected chi connectivity index (χ1v) is 3.59. The third kappa shape index (κ3) is 0.876. The molecule has 0 atom stereocenters. The van der Waals surface area contributed by atoms with E-state index < -0.39 is 38.6 Å². The average molecular weight is 199 g/mol. The molecular formula is C8H10N4O2. The molecule has 0 bridgehead atoms. The number of hydrogen-bond donors (Lipinski definition) is 0. The van der Waals surface area contributed by atoms with Crippen LogP contribution >= 0.6 is 0 Å². The van der Waals surface area contributed by atoms with Crippen LogP contribution in [0, 0.1) is 0 Å². The molecule has 2 aromatic heterocycles. The van der Waals surface area contributed by atoms with E-state index in [9.17, 15) is 9.59 Å². The maximum atomic E-state index is 12.0. The normalized spacial score (nSPS) is 16.2. The van der Waals surface area contributed by atoms with Crippen LogP contribution in [0.25, 0.3) is 11.2 Å². The molecule has 0 saturated carbocycles. The molecule has 0 aliphatic carbocycles. The van der Waals surface area contributed by atoms with Crippen LogP contribution in [-0.2, 0) is 21.0 Å². The van der Waals surface area contributed by atoms with Crippen molar-refractivity contribution in [3.05, 3.63) is 27.1 Å².